The fourth-order valence-electron chi connectivity index (χ4n) is 1.58. The van der Waals surface area contributed by atoms with Gasteiger partial charge in [0, 0.05) is 29.3 Å². The first kappa shape index (κ1) is 19.4. The summed E-state index contributed by atoms with van der Waals surface area (Å²) in [6, 6.07) is 3.36. The van der Waals surface area contributed by atoms with Crippen LogP contribution in [0.2, 0.25) is 5.02 Å². The minimum Gasteiger partial charge on any atom is -0.454 e. The molecular weight excluding hydrogens is 342 g/mol. The number of rotatable bonds is 8. The summed E-state index contributed by atoms with van der Waals surface area (Å²) in [5, 5.41) is 15.5. The zero-order chi connectivity index (χ0) is 18.1. The lowest BCUT2D eigenvalue weighted by atomic mass is 10.2. The second-order valence-corrected chi connectivity index (χ2v) is 5.08. The fourth-order valence-corrected chi connectivity index (χ4v) is 1.81. The fraction of sp³-hybridized carbons (Fsp3) is 0.357. The molecule has 0 spiro atoms. The molecule has 0 bridgehead atoms. The quantitative estimate of drug-likeness (QED) is 0.406. The first-order valence-corrected chi connectivity index (χ1v) is 7.36. The molecule has 0 saturated carbocycles. The standard InChI is InChI=1S/C14H16ClN3O6/c1-2-3-16-12(19)8-24-13(20)7-17-14(21)9-4-10(15)6-11(5-9)18(22)23/h4-6H,2-3,7-8H2,1H3,(H,16,19)(H,17,21). The van der Waals surface area contributed by atoms with Crippen molar-refractivity contribution in [2.24, 2.45) is 0 Å². The van der Waals surface area contributed by atoms with Crippen molar-refractivity contribution >= 4 is 35.1 Å². The molecular formula is C14H16ClN3O6. The molecule has 1 rings (SSSR count). The van der Waals surface area contributed by atoms with Crippen LogP contribution in [0.5, 0.6) is 0 Å². The number of nitro benzene ring substituents is 1. The number of non-ortho nitro benzene ring substituents is 1. The van der Waals surface area contributed by atoms with Crippen molar-refractivity contribution in [2.75, 3.05) is 19.7 Å². The number of ether oxygens (including phenoxy) is 1. The molecule has 2 amide bonds. The highest BCUT2D eigenvalue weighted by molar-refractivity contribution is 6.31. The minimum atomic E-state index is -0.813. The van der Waals surface area contributed by atoms with Gasteiger partial charge >= 0.3 is 5.97 Å². The molecule has 1 aromatic carbocycles. The number of nitrogens with zero attached hydrogens (tertiary/aromatic N) is 1. The van der Waals surface area contributed by atoms with Crippen molar-refractivity contribution in [1.29, 1.82) is 0 Å². The van der Waals surface area contributed by atoms with Crippen LogP contribution < -0.4 is 10.6 Å². The number of amides is 2. The van der Waals surface area contributed by atoms with Gasteiger partial charge in [-0.1, -0.05) is 18.5 Å². The third-order valence-corrected chi connectivity index (χ3v) is 2.90. The summed E-state index contributed by atoms with van der Waals surface area (Å²) < 4.78 is 4.67. The van der Waals surface area contributed by atoms with Crippen LogP contribution in [0.1, 0.15) is 23.7 Å². The normalized spacial score (nSPS) is 9.92. The smallest absolute Gasteiger partial charge is 0.325 e. The molecule has 130 valence electrons. The largest absolute Gasteiger partial charge is 0.454 e. The average Bonchev–Trinajstić information content (AvgIpc) is 2.55. The Kier molecular flexibility index (Phi) is 7.63. The van der Waals surface area contributed by atoms with E-state index >= 15 is 0 Å². The van der Waals surface area contributed by atoms with Crippen molar-refractivity contribution in [3.05, 3.63) is 38.9 Å². The van der Waals surface area contributed by atoms with E-state index < -0.39 is 35.9 Å². The van der Waals surface area contributed by atoms with E-state index in [9.17, 15) is 24.5 Å². The summed E-state index contributed by atoms with van der Waals surface area (Å²) in [5.41, 5.74) is -0.412. The van der Waals surface area contributed by atoms with Gasteiger partial charge in [-0.15, -0.1) is 0 Å². The highest BCUT2D eigenvalue weighted by Crippen LogP contribution is 2.20. The summed E-state index contributed by atoms with van der Waals surface area (Å²) in [4.78, 5) is 44.6. The summed E-state index contributed by atoms with van der Waals surface area (Å²) in [6.45, 7) is 1.42. The third kappa shape index (κ3) is 6.61. The Labute approximate surface area is 142 Å². The Balaban J connectivity index is 2.50. The predicted octanol–water partition coefficient (Wildman–Crippen LogP) is 1.05. The van der Waals surface area contributed by atoms with Crippen LogP contribution in [-0.2, 0) is 14.3 Å². The van der Waals surface area contributed by atoms with E-state index in [1.165, 1.54) is 6.07 Å². The number of carbonyl (C=O) groups excluding carboxylic acids is 3. The Morgan fingerprint density at radius 1 is 1.25 bits per heavy atom. The second kappa shape index (κ2) is 9.46. The minimum absolute atomic E-state index is 0.0181. The van der Waals surface area contributed by atoms with E-state index in [0.717, 1.165) is 18.6 Å². The van der Waals surface area contributed by atoms with Crippen LogP contribution in [0.15, 0.2) is 18.2 Å². The molecule has 0 aromatic heterocycles. The van der Waals surface area contributed by atoms with Crippen molar-refractivity contribution in [3.8, 4) is 0 Å². The van der Waals surface area contributed by atoms with Gasteiger partial charge in [0.2, 0.25) is 0 Å². The number of nitro groups is 1. The highest BCUT2D eigenvalue weighted by atomic mass is 35.5. The Morgan fingerprint density at radius 3 is 2.58 bits per heavy atom. The first-order chi connectivity index (χ1) is 11.3. The zero-order valence-corrected chi connectivity index (χ0v) is 13.6. The molecule has 2 N–H and O–H groups in total. The van der Waals surface area contributed by atoms with Gasteiger partial charge in [-0.2, -0.15) is 0 Å². The lowest BCUT2D eigenvalue weighted by Gasteiger charge is -2.07. The van der Waals surface area contributed by atoms with Gasteiger partial charge < -0.3 is 15.4 Å². The topological polar surface area (TPSA) is 128 Å². The third-order valence-electron chi connectivity index (χ3n) is 2.69. The molecule has 0 unspecified atom stereocenters. The average molecular weight is 358 g/mol. The van der Waals surface area contributed by atoms with Gasteiger partial charge in [0.1, 0.15) is 6.54 Å². The van der Waals surface area contributed by atoms with E-state index in [2.05, 4.69) is 15.4 Å². The van der Waals surface area contributed by atoms with E-state index in [1.807, 2.05) is 6.92 Å². The van der Waals surface area contributed by atoms with E-state index in [1.54, 1.807) is 0 Å². The molecule has 1 aromatic rings. The molecule has 9 nitrogen and oxygen atoms in total. The summed E-state index contributed by atoms with van der Waals surface area (Å²) in [6.07, 6.45) is 0.752. The van der Waals surface area contributed by atoms with E-state index in [0.29, 0.717) is 6.54 Å². The maximum Gasteiger partial charge on any atom is 0.325 e. The SMILES string of the molecule is CCCNC(=O)COC(=O)CNC(=O)c1cc(Cl)cc([N+](=O)[O-])c1. The lowest BCUT2D eigenvalue weighted by molar-refractivity contribution is -0.384. The van der Waals surface area contributed by atoms with E-state index in [4.69, 9.17) is 11.6 Å². The number of carbonyl (C=O) groups is 3. The van der Waals surface area contributed by atoms with Crippen molar-refractivity contribution in [2.45, 2.75) is 13.3 Å². The molecule has 0 atom stereocenters. The molecule has 0 heterocycles. The molecule has 0 aliphatic heterocycles. The van der Waals surface area contributed by atoms with Crippen molar-refractivity contribution in [3.63, 3.8) is 0 Å². The van der Waals surface area contributed by atoms with Crippen molar-refractivity contribution in [1.82, 2.24) is 10.6 Å². The van der Waals surface area contributed by atoms with Crippen LogP contribution in [0, 0.1) is 10.1 Å². The predicted molar refractivity (Wildman–Crippen MR) is 84.7 cm³/mol. The molecule has 0 aliphatic carbocycles. The van der Waals surface area contributed by atoms with Gasteiger partial charge in [-0.05, 0) is 12.5 Å². The summed E-state index contributed by atoms with van der Waals surface area (Å²) in [5.74, 6) is -1.98. The summed E-state index contributed by atoms with van der Waals surface area (Å²) in [7, 11) is 0. The number of hydrogen-bond acceptors (Lipinski definition) is 6. The molecule has 0 saturated heterocycles. The summed E-state index contributed by atoms with van der Waals surface area (Å²) >= 11 is 5.71. The van der Waals surface area contributed by atoms with Gasteiger partial charge in [0.05, 0.1) is 4.92 Å². The van der Waals surface area contributed by atoms with E-state index in [-0.39, 0.29) is 16.3 Å². The van der Waals surface area contributed by atoms with Crippen LogP contribution in [0.25, 0.3) is 0 Å². The Morgan fingerprint density at radius 2 is 1.96 bits per heavy atom. The van der Waals surface area contributed by atoms with Gasteiger partial charge in [-0.3, -0.25) is 24.5 Å². The van der Waals surface area contributed by atoms with Crippen molar-refractivity contribution < 1.29 is 24.0 Å². The van der Waals surface area contributed by atoms with Crippen LogP contribution in [0.4, 0.5) is 5.69 Å². The highest BCUT2D eigenvalue weighted by Gasteiger charge is 2.15. The second-order valence-electron chi connectivity index (χ2n) is 4.65. The number of halogens is 1. The number of nitrogens with one attached hydrogen (secondary N) is 2. The van der Waals surface area contributed by atoms with Gasteiger partial charge in [0.25, 0.3) is 17.5 Å². The first-order valence-electron chi connectivity index (χ1n) is 6.99. The zero-order valence-electron chi connectivity index (χ0n) is 12.8. The van der Waals surface area contributed by atoms with Crippen LogP contribution in [0.3, 0.4) is 0 Å². The Hall–Kier alpha value is -2.68. The molecule has 24 heavy (non-hydrogen) atoms. The number of hydrogen-bond donors (Lipinski definition) is 2. The lowest BCUT2D eigenvalue weighted by Crippen LogP contribution is -2.34. The van der Waals surface area contributed by atoms with Gasteiger partial charge in [0.15, 0.2) is 6.61 Å². The van der Waals surface area contributed by atoms with Crippen LogP contribution >= 0.6 is 11.6 Å². The number of esters is 1. The monoisotopic (exact) mass is 357 g/mol. The van der Waals surface area contributed by atoms with Crippen LogP contribution in [-0.4, -0.2) is 42.4 Å². The molecule has 0 fully saturated rings. The molecule has 0 radical (unpaired) electrons. The number of benzene rings is 1. The maximum atomic E-state index is 11.9. The maximum absolute atomic E-state index is 11.9. The molecule has 10 heteroatoms. The molecule has 0 aliphatic rings. The Bertz CT molecular complexity index is 649. The van der Waals surface area contributed by atoms with Gasteiger partial charge in [-0.25, -0.2) is 0 Å².